The Kier molecular flexibility index (Phi) is 3.00. The van der Waals surface area contributed by atoms with Gasteiger partial charge in [0.05, 0.1) is 5.60 Å². The van der Waals surface area contributed by atoms with E-state index >= 15 is 0 Å². The van der Waals surface area contributed by atoms with Gasteiger partial charge >= 0.3 is 0 Å². The Bertz CT molecular complexity index is 337. The largest absolute Gasteiger partial charge is 0.389 e. The zero-order valence-corrected chi connectivity index (χ0v) is 11.0. The lowest BCUT2D eigenvalue weighted by atomic mass is 9.61. The number of rotatable bonds is 1. The SMILES string of the molecule is CC1=CC2C(CC1)C(C)=CCC2(O)C(C)C. The molecule has 2 aliphatic carbocycles. The van der Waals surface area contributed by atoms with E-state index in [4.69, 9.17) is 0 Å². The summed E-state index contributed by atoms with van der Waals surface area (Å²) in [5.74, 6) is 1.24. The molecule has 16 heavy (non-hydrogen) atoms. The first kappa shape index (κ1) is 11.9. The molecule has 1 heteroatoms. The highest BCUT2D eigenvalue weighted by atomic mass is 16.3. The fourth-order valence-corrected chi connectivity index (χ4v) is 3.30. The van der Waals surface area contributed by atoms with Crippen molar-refractivity contribution in [3.63, 3.8) is 0 Å². The molecule has 0 bridgehead atoms. The first-order valence-corrected chi connectivity index (χ1v) is 6.51. The van der Waals surface area contributed by atoms with Crippen molar-refractivity contribution >= 4 is 0 Å². The molecule has 2 aliphatic rings. The van der Waals surface area contributed by atoms with Crippen molar-refractivity contribution in [3.8, 4) is 0 Å². The molecule has 3 atom stereocenters. The van der Waals surface area contributed by atoms with Crippen molar-refractivity contribution in [2.24, 2.45) is 17.8 Å². The number of aliphatic hydroxyl groups is 1. The predicted octanol–water partition coefficient (Wildman–Crippen LogP) is 3.70. The van der Waals surface area contributed by atoms with Gasteiger partial charge in [-0.05, 0) is 44.9 Å². The van der Waals surface area contributed by atoms with Gasteiger partial charge in [-0.2, -0.15) is 0 Å². The predicted molar refractivity (Wildman–Crippen MR) is 68.1 cm³/mol. The lowest BCUT2D eigenvalue weighted by Gasteiger charge is -2.47. The fraction of sp³-hybridized carbons (Fsp3) is 0.733. The van der Waals surface area contributed by atoms with Crippen molar-refractivity contribution in [1.82, 2.24) is 0 Å². The highest BCUT2D eigenvalue weighted by Crippen LogP contribution is 2.47. The van der Waals surface area contributed by atoms with E-state index in [0.717, 1.165) is 6.42 Å². The molecule has 0 saturated heterocycles. The number of hydrogen-bond donors (Lipinski definition) is 1. The minimum absolute atomic E-state index is 0.325. The third-order valence-electron chi connectivity index (χ3n) is 4.66. The van der Waals surface area contributed by atoms with E-state index in [9.17, 15) is 5.11 Å². The summed E-state index contributed by atoms with van der Waals surface area (Å²) in [6.07, 6.45) is 7.83. The fourth-order valence-electron chi connectivity index (χ4n) is 3.30. The van der Waals surface area contributed by atoms with Gasteiger partial charge in [-0.25, -0.2) is 0 Å². The molecule has 2 rings (SSSR count). The van der Waals surface area contributed by atoms with Gasteiger partial charge in [0, 0.05) is 5.92 Å². The topological polar surface area (TPSA) is 20.2 Å². The van der Waals surface area contributed by atoms with Crippen molar-refractivity contribution in [3.05, 3.63) is 23.3 Å². The molecular weight excluding hydrogens is 196 g/mol. The summed E-state index contributed by atoms with van der Waals surface area (Å²) in [6.45, 7) is 8.71. The van der Waals surface area contributed by atoms with Crippen LogP contribution >= 0.6 is 0 Å². The Morgan fingerprint density at radius 3 is 2.69 bits per heavy atom. The molecule has 0 radical (unpaired) electrons. The van der Waals surface area contributed by atoms with E-state index in [2.05, 4.69) is 39.8 Å². The van der Waals surface area contributed by atoms with Gasteiger partial charge in [-0.1, -0.05) is 37.1 Å². The molecule has 0 amide bonds. The van der Waals surface area contributed by atoms with E-state index in [1.165, 1.54) is 24.0 Å². The summed E-state index contributed by atoms with van der Waals surface area (Å²) < 4.78 is 0. The molecule has 1 N–H and O–H groups in total. The highest BCUT2D eigenvalue weighted by Gasteiger charge is 2.45. The maximum Gasteiger partial charge on any atom is 0.0772 e. The van der Waals surface area contributed by atoms with E-state index in [0.29, 0.717) is 17.8 Å². The van der Waals surface area contributed by atoms with Gasteiger partial charge in [0.25, 0.3) is 0 Å². The summed E-state index contributed by atoms with van der Waals surface area (Å²) in [4.78, 5) is 0. The second-order valence-electron chi connectivity index (χ2n) is 5.98. The van der Waals surface area contributed by atoms with Crippen molar-refractivity contribution in [1.29, 1.82) is 0 Å². The average molecular weight is 220 g/mol. The van der Waals surface area contributed by atoms with Gasteiger partial charge in [-0.15, -0.1) is 0 Å². The quantitative estimate of drug-likeness (QED) is 0.668. The Hall–Kier alpha value is -0.560. The monoisotopic (exact) mass is 220 g/mol. The molecule has 0 saturated carbocycles. The number of allylic oxidation sites excluding steroid dienone is 2. The van der Waals surface area contributed by atoms with Gasteiger partial charge in [0.2, 0.25) is 0 Å². The Balaban J connectivity index is 2.40. The molecule has 3 unspecified atom stereocenters. The Labute approximate surface area is 99.3 Å². The Morgan fingerprint density at radius 2 is 2.06 bits per heavy atom. The van der Waals surface area contributed by atoms with E-state index in [1.807, 2.05) is 0 Å². The molecule has 0 aliphatic heterocycles. The first-order chi connectivity index (χ1) is 7.45. The normalized spacial score (nSPS) is 39.1. The van der Waals surface area contributed by atoms with Crippen LogP contribution in [-0.4, -0.2) is 10.7 Å². The van der Waals surface area contributed by atoms with Crippen LogP contribution in [0.5, 0.6) is 0 Å². The highest BCUT2D eigenvalue weighted by molar-refractivity contribution is 5.25. The van der Waals surface area contributed by atoms with Crippen molar-refractivity contribution in [2.75, 3.05) is 0 Å². The van der Waals surface area contributed by atoms with Crippen LogP contribution in [0, 0.1) is 17.8 Å². The molecule has 0 fully saturated rings. The smallest absolute Gasteiger partial charge is 0.0772 e. The summed E-state index contributed by atoms with van der Waals surface area (Å²) in [5.41, 5.74) is 2.42. The van der Waals surface area contributed by atoms with Crippen LogP contribution < -0.4 is 0 Å². The van der Waals surface area contributed by atoms with Gasteiger partial charge < -0.3 is 5.11 Å². The van der Waals surface area contributed by atoms with Gasteiger partial charge in [-0.3, -0.25) is 0 Å². The minimum atomic E-state index is -0.522. The van der Waals surface area contributed by atoms with E-state index in [1.54, 1.807) is 0 Å². The third-order valence-corrected chi connectivity index (χ3v) is 4.66. The van der Waals surface area contributed by atoms with Crippen LogP contribution in [0.3, 0.4) is 0 Å². The second kappa shape index (κ2) is 4.03. The van der Waals surface area contributed by atoms with E-state index in [-0.39, 0.29) is 0 Å². The maximum atomic E-state index is 10.9. The van der Waals surface area contributed by atoms with Gasteiger partial charge in [0.15, 0.2) is 0 Å². The number of fused-ring (bicyclic) bond motifs is 1. The van der Waals surface area contributed by atoms with Crippen LogP contribution in [0.15, 0.2) is 23.3 Å². The molecule has 0 heterocycles. The maximum absolute atomic E-state index is 10.9. The average Bonchev–Trinajstić information content (AvgIpc) is 2.23. The third kappa shape index (κ3) is 1.75. The van der Waals surface area contributed by atoms with Crippen LogP contribution in [0.2, 0.25) is 0 Å². The van der Waals surface area contributed by atoms with Gasteiger partial charge in [0.1, 0.15) is 0 Å². The molecule has 1 nitrogen and oxygen atoms in total. The van der Waals surface area contributed by atoms with Crippen LogP contribution in [0.1, 0.15) is 47.0 Å². The minimum Gasteiger partial charge on any atom is -0.389 e. The van der Waals surface area contributed by atoms with Crippen molar-refractivity contribution < 1.29 is 5.11 Å². The summed E-state index contributed by atoms with van der Waals surface area (Å²) in [5, 5.41) is 10.9. The van der Waals surface area contributed by atoms with Crippen LogP contribution in [0.25, 0.3) is 0 Å². The zero-order chi connectivity index (χ0) is 11.9. The number of hydrogen-bond acceptors (Lipinski definition) is 1. The lowest BCUT2D eigenvalue weighted by molar-refractivity contribution is -0.0632. The van der Waals surface area contributed by atoms with Crippen LogP contribution in [-0.2, 0) is 0 Å². The summed E-state index contributed by atoms with van der Waals surface area (Å²) in [6, 6.07) is 0. The molecule has 0 aromatic heterocycles. The molecule has 90 valence electrons. The molecule has 0 aromatic rings. The second-order valence-corrected chi connectivity index (χ2v) is 5.98. The summed E-state index contributed by atoms with van der Waals surface area (Å²) >= 11 is 0. The molecular formula is C15H24O. The molecule has 0 spiro atoms. The van der Waals surface area contributed by atoms with E-state index < -0.39 is 5.60 Å². The Morgan fingerprint density at radius 1 is 1.38 bits per heavy atom. The first-order valence-electron chi connectivity index (χ1n) is 6.51. The van der Waals surface area contributed by atoms with Crippen LogP contribution in [0.4, 0.5) is 0 Å². The standard InChI is InChI=1S/C15H24O/c1-10(2)15(16)8-7-12(4)13-6-5-11(3)9-14(13)15/h7,9-10,13-14,16H,5-6,8H2,1-4H3. The van der Waals surface area contributed by atoms with Crippen molar-refractivity contribution in [2.45, 2.75) is 52.6 Å². The molecule has 0 aromatic carbocycles. The summed E-state index contributed by atoms with van der Waals surface area (Å²) in [7, 11) is 0. The zero-order valence-electron chi connectivity index (χ0n) is 11.0. The lowest BCUT2D eigenvalue weighted by Crippen LogP contribution is -2.48.